The van der Waals surface area contributed by atoms with Gasteiger partial charge in [-0.05, 0) is 37.5 Å². The Hall–Kier alpha value is -1.75. The summed E-state index contributed by atoms with van der Waals surface area (Å²) in [5.41, 5.74) is 0.421. The summed E-state index contributed by atoms with van der Waals surface area (Å²) < 4.78 is 24.7. The summed E-state index contributed by atoms with van der Waals surface area (Å²) in [5.74, 6) is -1.68. The summed E-state index contributed by atoms with van der Waals surface area (Å²) in [7, 11) is 0. The SMILES string of the molecule is CCCCCCCCOC(=O)c1ccc(C(=O)OCCCCCCCC)c(C(=O)OCCCCCCCC)c1.[O]=[Sb]. The second-order valence-electron chi connectivity index (χ2n) is 10.5. The zero-order valence-corrected chi connectivity index (χ0v) is 28.4. The van der Waals surface area contributed by atoms with Crippen molar-refractivity contribution in [3.63, 3.8) is 0 Å². The molecule has 0 spiro atoms. The maximum absolute atomic E-state index is 13.0. The molecule has 0 unspecified atom stereocenters. The number of carbonyl (C=O) groups excluding carboxylic acids is 3. The normalized spacial score (nSPS) is 10.4. The Kier molecular flexibility index (Phi) is 27.2. The number of benzene rings is 1. The van der Waals surface area contributed by atoms with Crippen LogP contribution in [0.1, 0.15) is 167 Å². The molecule has 0 aliphatic rings. The molecule has 0 amide bonds. The number of ether oxygens (including phenoxy) is 3. The first-order valence-electron chi connectivity index (χ1n) is 15.9. The zero-order valence-electron chi connectivity index (χ0n) is 25.9. The van der Waals surface area contributed by atoms with Crippen LogP contribution in [0.4, 0.5) is 0 Å². The summed E-state index contributed by atoms with van der Waals surface area (Å²) in [5, 5.41) is 0. The van der Waals surface area contributed by atoms with E-state index in [0.29, 0.717) is 36.2 Å². The molecule has 8 heteroatoms. The molecule has 1 rings (SSSR count). The third-order valence-electron chi connectivity index (χ3n) is 6.89. The van der Waals surface area contributed by atoms with Crippen molar-refractivity contribution in [3.8, 4) is 0 Å². The van der Waals surface area contributed by atoms with Crippen LogP contribution in [0.15, 0.2) is 18.2 Å². The molecule has 0 aliphatic heterocycles. The molecule has 1 radical (unpaired) electrons. The van der Waals surface area contributed by atoms with E-state index in [1.54, 1.807) is 0 Å². The van der Waals surface area contributed by atoms with Gasteiger partial charge in [-0.1, -0.05) is 117 Å². The van der Waals surface area contributed by atoms with Gasteiger partial charge in [0.1, 0.15) is 0 Å². The van der Waals surface area contributed by atoms with Gasteiger partial charge in [0.2, 0.25) is 0 Å². The van der Waals surface area contributed by atoms with Crippen molar-refractivity contribution in [2.24, 2.45) is 0 Å². The number of hydrogen-bond donors (Lipinski definition) is 0. The van der Waals surface area contributed by atoms with Crippen molar-refractivity contribution in [2.45, 2.75) is 136 Å². The van der Waals surface area contributed by atoms with Crippen LogP contribution in [0.3, 0.4) is 0 Å². The fourth-order valence-electron chi connectivity index (χ4n) is 4.40. The fraction of sp³-hybridized carbons (Fsp3) is 0.727. The zero-order chi connectivity index (χ0) is 30.6. The van der Waals surface area contributed by atoms with E-state index in [-0.39, 0.29) is 23.3 Å². The van der Waals surface area contributed by atoms with Gasteiger partial charge in [-0.3, -0.25) is 0 Å². The monoisotopic (exact) mass is 683 g/mol. The predicted molar refractivity (Wildman–Crippen MR) is 164 cm³/mol. The molecule has 0 fully saturated rings. The molecule has 0 saturated carbocycles. The van der Waals surface area contributed by atoms with Crippen LogP contribution in [0, 0.1) is 0 Å². The number of esters is 3. The first-order valence-corrected chi connectivity index (χ1v) is 16.9. The van der Waals surface area contributed by atoms with Crippen LogP contribution in [0.5, 0.6) is 0 Å². The number of unbranched alkanes of at least 4 members (excludes halogenated alkanes) is 15. The van der Waals surface area contributed by atoms with Gasteiger partial charge in [0, 0.05) is 0 Å². The molecule has 0 bridgehead atoms. The van der Waals surface area contributed by atoms with E-state index < -0.39 is 17.9 Å². The summed E-state index contributed by atoms with van der Waals surface area (Å²) >= 11 is 0.500. The van der Waals surface area contributed by atoms with Crippen molar-refractivity contribution < 1.29 is 31.6 Å². The van der Waals surface area contributed by atoms with Gasteiger partial charge in [-0.15, -0.1) is 0 Å². The van der Waals surface area contributed by atoms with Crippen LogP contribution in [-0.4, -0.2) is 60.7 Å². The number of hydrogen-bond acceptors (Lipinski definition) is 7. The average molecular weight is 685 g/mol. The molecule has 0 saturated heterocycles. The Morgan fingerprint density at radius 2 is 0.829 bits per heavy atom. The minimum absolute atomic E-state index is 0.0583. The second kappa shape index (κ2) is 28.4. The van der Waals surface area contributed by atoms with Gasteiger partial charge < -0.3 is 14.2 Å². The first kappa shape index (κ1) is 39.2. The van der Waals surface area contributed by atoms with Crippen molar-refractivity contribution in [3.05, 3.63) is 34.9 Å². The molecule has 0 N–H and O–H groups in total. The molecule has 7 nitrogen and oxygen atoms in total. The van der Waals surface area contributed by atoms with E-state index in [9.17, 15) is 14.4 Å². The summed E-state index contributed by atoms with van der Waals surface area (Å²) in [6.45, 7) is 7.46. The Morgan fingerprint density at radius 3 is 1.24 bits per heavy atom. The van der Waals surface area contributed by atoms with E-state index in [4.69, 9.17) is 17.2 Å². The first-order chi connectivity index (χ1) is 20.0. The Balaban J connectivity index is 0.00000781. The Morgan fingerprint density at radius 1 is 0.488 bits per heavy atom. The van der Waals surface area contributed by atoms with Crippen molar-refractivity contribution in [1.29, 1.82) is 0 Å². The van der Waals surface area contributed by atoms with Crippen molar-refractivity contribution in [2.75, 3.05) is 19.8 Å². The van der Waals surface area contributed by atoms with Gasteiger partial charge in [-0.2, -0.15) is 0 Å². The van der Waals surface area contributed by atoms with Crippen LogP contribution < -0.4 is 0 Å². The van der Waals surface area contributed by atoms with Gasteiger partial charge in [-0.25, -0.2) is 14.4 Å². The minimum atomic E-state index is -0.611. The molecule has 1 aromatic carbocycles. The molecule has 1 aromatic rings. The third kappa shape index (κ3) is 19.9. The molecule has 0 heterocycles. The van der Waals surface area contributed by atoms with Gasteiger partial charge >= 0.3 is 43.9 Å². The topological polar surface area (TPSA) is 96.0 Å². The van der Waals surface area contributed by atoms with Crippen molar-refractivity contribution >= 4 is 40.9 Å². The number of carbonyl (C=O) groups is 3. The van der Waals surface area contributed by atoms with Crippen molar-refractivity contribution in [1.82, 2.24) is 0 Å². The maximum atomic E-state index is 13.0. The number of rotatable bonds is 24. The molecule has 233 valence electrons. The van der Waals surface area contributed by atoms with Crippen LogP contribution >= 0.6 is 0 Å². The third-order valence-corrected chi connectivity index (χ3v) is 6.89. The van der Waals surface area contributed by atoms with E-state index >= 15 is 0 Å². The quantitative estimate of drug-likeness (QED) is 0.0465. The van der Waals surface area contributed by atoms with Gasteiger partial charge in [0.15, 0.2) is 0 Å². The van der Waals surface area contributed by atoms with Crippen LogP contribution in [0.25, 0.3) is 0 Å². The fourth-order valence-corrected chi connectivity index (χ4v) is 4.40. The molecule has 0 atom stereocenters. The van der Waals surface area contributed by atoms with E-state index in [1.165, 1.54) is 76.0 Å². The Labute approximate surface area is 262 Å². The summed E-state index contributed by atoms with van der Waals surface area (Å²) in [6, 6.07) is 4.41. The molecule has 41 heavy (non-hydrogen) atoms. The summed E-state index contributed by atoms with van der Waals surface area (Å²) in [6.07, 6.45) is 19.6. The predicted octanol–water partition coefficient (Wildman–Crippen LogP) is 8.74. The standard InChI is InChI=1S/C33H54O6.O.Sb/c1-4-7-10-13-16-19-24-37-31(34)28-22-23-29(32(35)38-25-20-17-14-11-8-5-2)30(27-28)33(36)39-26-21-18-15-12-9-6-3;;/h22-23,27H,4-21,24-26H2,1-3H3;;. The van der Waals surface area contributed by atoms with Gasteiger partial charge in [0.05, 0.1) is 36.5 Å². The van der Waals surface area contributed by atoms with E-state index in [0.717, 1.165) is 57.8 Å². The molecular formula is C33H54O7Sb. The second-order valence-corrected chi connectivity index (χ2v) is 10.5. The molecule has 0 aliphatic carbocycles. The Bertz CT molecular complexity index is 828. The molecule has 0 aromatic heterocycles. The van der Waals surface area contributed by atoms with E-state index in [1.807, 2.05) is 0 Å². The van der Waals surface area contributed by atoms with Crippen LogP contribution in [0.2, 0.25) is 0 Å². The average Bonchev–Trinajstić information content (AvgIpc) is 3.00. The van der Waals surface area contributed by atoms with E-state index in [2.05, 4.69) is 20.8 Å². The van der Waals surface area contributed by atoms with Gasteiger partial charge in [0.25, 0.3) is 0 Å². The molecular weight excluding hydrogens is 630 g/mol. The summed E-state index contributed by atoms with van der Waals surface area (Å²) in [4.78, 5) is 38.4. The van der Waals surface area contributed by atoms with Crippen LogP contribution in [-0.2, 0) is 17.2 Å².